The molecule has 0 spiro atoms. The maximum Gasteiger partial charge on any atom is 0.349 e. The van der Waals surface area contributed by atoms with E-state index in [2.05, 4.69) is 17.2 Å². The van der Waals surface area contributed by atoms with Crippen LogP contribution in [0.2, 0.25) is 0 Å². The average Bonchev–Trinajstić information content (AvgIpc) is 2.49. The molecule has 0 radical (unpaired) electrons. The second kappa shape index (κ2) is 7.09. The summed E-state index contributed by atoms with van der Waals surface area (Å²) in [5, 5.41) is 2.62. The molecule has 6 heteroatoms. The number of aromatic nitrogens is 1. The summed E-state index contributed by atoms with van der Waals surface area (Å²) in [4.78, 5) is 28.4. The molecule has 0 saturated carbocycles. The van der Waals surface area contributed by atoms with Gasteiger partial charge in [0.05, 0.1) is 11.9 Å². The Morgan fingerprint density at radius 3 is 2.74 bits per heavy atom. The van der Waals surface area contributed by atoms with Crippen molar-refractivity contribution in [3.05, 3.63) is 51.7 Å². The summed E-state index contributed by atoms with van der Waals surface area (Å²) in [6, 6.07) is 4.95. The lowest BCUT2D eigenvalue weighted by molar-refractivity contribution is 0.102. The fraction of sp³-hybridized carbons (Fsp3) is 0.353. The third-order valence-corrected chi connectivity index (χ3v) is 3.65. The first-order valence-electron chi connectivity index (χ1n) is 7.60. The van der Waals surface area contributed by atoms with E-state index >= 15 is 0 Å². The van der Waals surface area contributed by atoms with Crippen LogP contribution in [0.4, 0.5) is 11.5 Å². The molecule has 6 nitrogen and oxygen atoms in total. The highest BCUT2D eigenvalue weighted by Crippen LogP contribution is 2.21. The molecule has 2 rings (SSSR count). The number of anilines is 2. The smallest absolute Gasteiger partial charge is 0.349 e. The van der Waals surface area contributed by atoms with E-state index in [4.69, 9.17) is 10.2 Å². The van der Waals surface area contributed by atoms with Crippen molar-refractivity contribution >= 4 is 17.4 Å². The van der Waals surface area contributed by atoms with Gasteiger partial charge >= 0.3 is 5.63 Å². The zero-order valence-electron chi connectivity index (χ0n) is 13.6. The van der Waals surface area contributed by atoms with E-state index in [0.717, 1.165) is 12.8 Å². The van der Waals surface area contributed by atoms with Gasteiger partial charge in [0, 0.05) is 5.92 Å². The number of pyridine rings is 1. The van der Waals surface area contributed by atoms with E-state index in [9.17, 15) is 9.59 Å². The minimum atomic E-state index is -0.621. The normalized spacial score (nSPS) is 12.0. The summed E-state index contributed by atoms with van der Waals surface area (Å²) in [5.74, 6) is 0.593. The second-order valence-corrected chi connectivity index (χ2v) is 5.61. The first-order valence-corrected chi connectivity index (χ1v) is 7.60. The minimum Gasteiger partial charge on any atom is -0.427 e. The fourth-order valence-electron chi connectivity index (χ4n) is 2.40. The van der Waals surface area contributed by atoms with Crippen molar-refractivity contribution in [1.82, 2.24) is 4.98 Å². The Morgan fingerprint density at radius 1 is 1.43 bits per heavy atom. The van der Waals surface area contributed by atoms with Gasteiger partial charge in [-0.3, -0.25) is 4.79 Å². The van der Waals surface area contributed by atoms with Crippen LogP contribution in [0.25, 0.3) is 0 Å². The number of amides is 1. The van der Waals surface area contributed by atoms with Gasteiger partial charge in [0.1, 0.15) is 17.1 Å². The standard InChI is InChI=1S/C17H21N3O3/c1-4-5-10(2)13-8-11(3)15(17(22)23-13)16(21)20-12-6-7-14(18)19-9-12/h6-10H,4-5H2,1-3H3,(H2,18,19)(H,20,21). The molecular weight excluding hydrogens is 294 g/mol. The van der Waals surface area contributed by atoms with Crippen LogP contribution in [0.15, 0.2) is 33.6 Å². The van der Waals surface area contributed by atoms with Crippen LogP contribution in [-0.2, 0) is 0 Å². The number of aryl methyl sites for hydroxylation is 1. The maximum absolute atomic E-state index is 12.3. The molecule has 0 fully saturated rings. The van der Waals surface area contributed by atoms with Crippen LogP contribution in [0.3, 0.4) is 0 Å². The molecule has 2 heterocycles. The summed E-state index contributed by atoms with van der Waals surface area (Å²) in [6.45, 7) is 5.81. The van der Waals surface area contributed by atoms with Gasteiger partial charge in [-0.1, -0.05) is 20.3 Å². The van der Waals surface area contributed by atoms with E-state index in [1.165, 1.54) is 6.20 Å². The van der Waals surface area contributed by atoms with E-state index < -0.39 is 11.5 Å². The van der Waals surface area contributed by atoms with Gasteiger partial charge in [-0.05, 0) is 37.1 Å². The Labute approximate surface area is 134 Å². The highest BCUT2D eigenvalue weighted by Gasteiger charge is 2.19. The van der Waals surface area contributed by atoms with Crippen LogP contribution >= 0.6 is 0 Å². The number of hydrogen-bond donors (Lipinski definition) is 2. The number of nitrogens with one attached hydrogen (secondary N) is 1. The molecule has 2 aromatic heterocycles. The highest BCUT2D eigenvalue weighted by molar-refractivity contribution is 6.04. The van der Waals surface area contributed by atoms with Gasteiger partial charge in [-0.15, -0.1) is 0 Å². The summed E-state index contributed by atoms with van der Waals surface area (Å²) in [7, 11) is 0. The number of nitrogens with zero attached hydrogens (tertiary/aromatic N) is 1. The number of carbonyl (C=O) groups excluding carboxylic acids is 1. The molecule has 0 aliphatic carbocycles. The van der Waals surface area contributed by atoms with Gasteiger partial charge in [0.2, 0.25) is 0 Å². The Balaban J connectivity index is 2.27. The largest absolute Gasteiger partial charge is 0.427 e. The molecule has 122 valence electrons. The van der Waals surface area contributed by atoms with Gasteiger partial charge in [-0.25, -0.2) is 9.78 Å². The molecule has 0 aliphatic heterocycles. The first kappa shape index (κ1) is 16.7. The topological polar surface area (TPSA) is 98.2 Å². The average molecular weight is 315 g/mol. The molecule has 2 aromatic rings. The van der Waals surface area contributed by atoms with Gasteiger partial charge in [0.25, 0.3) is 5.91 Å². The third kappa shape index (κ3) is 3.97. The van der Waals surface area contributed by atoms with Crippen LogP contribution in [-0.4, -0.2) is 10.9 Å². The molecule has 1 unspecified atom stereocenters. The summed E-state index contributed by atoms with van der Waals surface area (Å²) >= 11 is 0. The number of nitrogens with two attached hydrogens (primary N) is 1. The Morgan fingerprint density at radius 2 is 2.17 bits per heavy atom. The molecule has 0 aliphatic rings. The maximum atomic E-state index is 12.3. The highest BCUT2D eigenvalue weighted by atomic mass is 16.4. The van der Waals surface area contributed by atoms with Crippen molar-refractivity contribution in [2.45, 2.75) is 39.5 Å². The summed E-state index contributed by atoms with van der Waals surface area (Å²) in [5.41, 5.74) is 5.95. The van der Waals surface area contributed by atoms with E-state index in [1.54, 1.807) is 25.1 Å². The second-order valence-electron chi connectivity index (χ2n) is 5.61. The van der Waals surface area contributed by atoms with Crippen molar-refractivity contribution in [3.63, 3.8) is 0 Å². The lowest BCUT2D eigenvalue weighted by Crippen LogP contribution is -2.23. The molecule has 1 amide bonds. The predicted octanol–water partition coefficient (Wildman–Crippen LogP) is 3.08. The van der Waals surface area contributed by atoms with Crippen LogP contribution < -0.4 is 16.7 Å². The SMILES string of the molecule is CCCC(C)c1cc(C)c(C(=O)Nc2ccc(N)nc2)c(=O)o1. The van der Waals surface area contributed by atoms with E-state index in [-0.39, 0.29) is 11.5 Å². The minimum absolute atomic E-state index is 0.00859. The van der Waals surface area contributed by atoms with E-state index in [1.807, 2.05) is 6.92 Å². The lowest BCUT2D eigenvalue weighted by Gasteiger charge is -2.12. The molecule has 0 saturated heterocycles. The molecule has 0 bridgehead atoms. The molecule has 3 N–H and O–H groups in total. The Bertz CT molecular complexity index is 751. The predicted molar refractivity (Wildman–Crippen MR) is 89.6 cm³/mol. The Hall–Kier alpha value is -2.63. The van der Waals surface area contributed by atoms with Crippen LogP contribution in [0, 0.1) is 6.92 Å². The zero-order valence-corrected chi connectivity index (χ0v) is 13.6. The molecule has 0 aromatic carbocycles. The molecule has 1 atom stereocenters. The van der Waals surface area contributed by atoms with Crippen molar-refractivity contribution in [1.29, 1.82) is 0 Å². The summed E-state index contributed by atoms with van der Waals surface area (Å²) in [6.07, 6.45) is 3.35. The van der Waals surface area contributed by atoms with Crippen molar-refractivity contribution in [2.75, 3.05) is 11.1 Å². The van der Waals surface area contributed by atoms with Gasteiger partial charge in [-0.2, -0.15) is 0 Å². The monoisotopic (exact) mass is 315 g/mol. The van der Waals surface area contributed by atoms with Gasteiger partial charge < -0.3 is 15.5 Å². The first-order chi connectivity index (χ1) is 10.9. The number of hydrogen-bond acceptors (Lipinski definition) is 5. The lowest BCUT2D eigenvalue weighted by atomic mass is 10.0. The van der Waals surface area contributed by atoms with Crippen molar-refractivity contribution < 1.29 is 9.21 Å². The molecular formula is C17H21N3O3. The quantitative estimate of drug-likeness (QED) is 0.883. The van der Waals surface area contributed by atoms with Crippen LogP contribution in [0.5, 0.6) is 0 Å². The zero-order chi connectivity index (χ0) is 17.0. The van der Waals surface area contributed by atoms with Crippen LogP contribution in [0.1, 0.15) is 54.3 Å². The Kier molecular flexibility index (Phi) is 5.16. The van der Waals surface area contributed by atoms with Gasteiger partial charge in [0.15, 0.2) is 0 Å². The van der Waals surface area contributed by atoms with E-state index in [0.29, 0.717) is 22.8 Å². The molecule has 23 heavy (non-hydrogen) atoms. The van der Waals surface area contributed by atoms with Crippen molar-refractivity contribution in [2.24, 2.45) is 0 Å². The fourth-order valence-corrected chi connectivity index (χ4v) is 2.40. The number of carbonyl (C=O) groups is 1. The third-order valence-electron chi connectivity index (χ3n) is 3.65. The van der Waals surface area contributed by atoms with Crippen molar-refractivity contribution in [3.8, 4) is 0 Å². The number of nitrogen functional groups attached to an aromatic ring is 1. The summed E-state index contributed by atoms with van der Waals surface area (Å²) < 4.78 is 5.33. The number of rotatable bonds is 5.